The first-order valence-corrected chi connectivity index (χ1v) is 5.47. The zero-order chi connectivity index (χ0) is 8.32. The van der Waals surface area contributed by atoms with Crippen LogP contribution in [-0.2, 0) is 0 Å². The van der Waals surface area contributed by atoms with Gasteiger partial charge in [-0.05, 0) is 19.3 Å². The van der Waals surface area contributed by atoms with Crippen LogP contribution in [0.4, 0.5) is 0 Å². The predicted octanol–water partition coefficient (Wildman–Crippen LogP) is 2.86. The van der Waals surface area contributed by atoms with E-state index in [0.717, 1.165) is 19.3 Å². The number of hydrogen-bond acceptors (Lipinski definition) is 1. The maximum Gasteiger partial charge on any atom is 0.0772 e. The molecule has 0 aliphatic heterocycles. The second-order valence-corrected chi connectivity index (χ2v) is 4.65. The van der Waals surface area contributed by atoms with Gasteiger partial charge in [-0.25, -0.2) is 0 Å². The van der Waals surface area contributed by atoms with E-state index in [2.05, 4.69) is 22.9 Å². The number of hydrogen-bond donors (Lipinski definition) is 1. The van der Waals surface area contributed by atoms with Crippen molar-refractivity contribution >= 4 is 15.9 Å². The van der Waals surface area contributed by atoms with E-state index in [1.165, 1.54) is 19.3 Å². The molecule has 1 aliphatic carbocycles. The molecular formula is C9H17BrO. The van der Waals surface area contributed by atoms with Crippen molar-refractivity contribution in [3.05, 3.63) is 0 Å². The Kier molecular flexibility index (Phi) is 3.38. The molecule has 66 valence electrons. The highest BCUT2D eigenvalue weighted by molar-refractivity contribution is 9.09. The molecule has 1 atom stereocenters. The fourth-order valence-corrected chi connectivity index (χ4v) is 2.32. The lowest BCUT2D eigenvalue weighted by molar-refractivity contribution is 0.00320. The van der Waals surface area contributed by atoms with Crippen molar-refractivity contribution < 1.29 is 5.11 Å². The third kappa shape index (κ3) is 2.19. The molecule has 0 bridgehead atoms. The summed E-state index contributed by atoms with van der Waals surface area (Å²) < 4.78 is 0. The Bertz CT molecular complexity index is 119. The molecule has 11 heavy (non-hydrogen) atoms. The summed E-state index contributed by atoms with van der Waals surface area (Å²) in [6.45, 7) is 2.12. The Morgan fingerprint density at radius 3 is 2.36 bits per heavy atom. The minimum absolute atomic E-state index is 0.301. The molecular weight excluding hydrogens is 204 g/mol. The van der Waals surface area contributed by atoms with Gasteiger partial charge >= 0.3 is 0 Å². The Labute approximate surface area is 77.3 Å². The number of rotatable bonds is 2. The van der Waals surface area contributed by atoms with Crippen LogP contribution in [-0.4, -0.2) is 15.5 Å². The van der Waals surface area contributed by atoms with Crippen LogP contribution in [0.1, 0.15) is 45.4 Å². The summed E-state index contributed by atoms with van der Waals surface area (Å²) in [7, 11) is 0. The molecule has 0 aromatic rings. The SMILES string of the molecule is CCC(Br)C1(O)CCCCC1. The summed E-state index contributed by atoms with van der Waals surface area (Å²) in [4.78, 5) is 0.301. The maximum atomic E-state index is 10.1. The maximum absolute atomic E-state index is 10.1. The van der Waals surface area contributed by atoms with Crippen molar-refractivity contribution in [3.63, 3.8) is 0 Å². The van der Waals surface area contributed by atoms with Crippen LogP contribution in [0, 0.1) is 0 Å². The van der Waals surface area contributed by atoms with Gasteiger partial charge in [0.05, 0.1) is 5.60 Å². The van der Waals surface area contributed by atoms with Gasteiger partial charge in [-0.2, -0.15) is 0 Å². The van der Waals surface area contributed by atoms with E-state index in [1.54, 1.807) is 0 Å². The van der Waals surface area contributed by atoms with Crippen molar-refractivity contribution in [1.82, 2.24) is 0 Å². The lowest BCUT2D eigenvalue weighted by Gasteiger charge is -2.35. The van der Waals surface area contributed by atoms with E-state index in [4.69, 9.17) is 0 Å². The molecule has 0 heterocycles. The van der Waals surface area contributed by atoms with Gasteiger partial charge in [0.25, 0.3) is 0 Å². The van der Waals surface area contributed by atoms with E-state index in [0.29, 0.717) is 4.83 Å². The molecule has 0 amide bonds. The molecule has 1 fully saturated rings. The summed E-state index contributed by atoms with van der Waals surface area (Å²) in [5.74, 6) is 0. The molecule has 1 rings (SSSR count). The first-order valence-electron chi connectivity index (χ1n) is 4.55. The van der Waals surface area contributed by atoms with Crippen LogP contribution in [0.2, 0.25) is 0 Å². The van der Waals surface area contributed by atoms with Crippen molar-refractivity contribution in [2.45, 2.75) is 55.9 Å². The molecule has 0 spiro atoms. The summed E-state index contributed by atoms with van der Waals surface area (Å²) in [6.07, 6.45) is 6.67. The third-order valence-electron chi connectivity index (χ3n) is 2.66. The summed E-state index contributed by atoms with van der Waals surface area (Å²) >= 11 is 3.54. The average Bonchev–Trinajstić information content (AvgIpc) is 2.04. The topological polar surface area (TPSA) is 20.2 Å². The van der Waals surface area contributed by atoms with Crippen LogP contribution in [0.3, 0.4) is 0 Å². The average molecular weight is 221 g/mol. The highest BCUT2D eigenvalue weighted by Crippen LogP contribution is 2.35. The quantitative estimate of drug-likeness (QED) is 0.711. The van der Waals surface area contributed by atoms with Gasteiger partial charge in [0.15, 0.2) is 0 Å². The Morgan fingerprint density at radius 2 is 1.91 bits per heavy atom. The van der Waals surface area contributed by atoms with Gasteiger partial charge in [0.1, 0.15) is 0 Å². The summed E-state index contributed by atoms with van der Waals surface area (Å²) in [5.41, 5.74) is -0.396. The first kappa shape index (κ1) is 9.53. The summed E-state index contributed by atoms with van der Waals surface area (Å²) in [5, 5.41) is 10.1. The monoisotopic (exact) mass is 220 g/mol. The smallest absolute Gasteiger partial charge is 0.0772 e. The fourth-order valence-electron chi connectivity index (χ4n) is 1.86. The lowest BCUT2D eigenvalue weighted by atomic mass is 9.82. The van der Waals surface area contributed by atoms with Gasteiger partial charge in [0.2, 0.25) is 0 Å². The van der Waals surface area contributed by atoms with Crippen molar-refractivity contribution in [2.24, 2.45) is 0 Å². The molecule has 0 saturated heterocycles. The third-order valence-corrected chi connectivity index (χ3v) is 4.16. The molecule has 1 saturated carbocycles. The van der Waals surface area contributed by atoms with Crippen LogP contribution >= 0.6 is 15.9 Å². The predicted molar refractivity (Wildman–Crippen MR) is 51.0 cm³/mol. The Morgan fingerprint density at radius 1 is 1.36 bits per heavy atom. The Balaban J connectivity index is 2.49. The van der Waals surface area contributed by atoms with Crippen LogP contribution in [0.25, 0.3) is 0 Å². The van der Waals surface area contributed by atoms with Gasteiger partial charge in [-0.1, -0.05) is 42.1 Å². The summed E-state index contributed by atoms with van der Waals surface area (Å²) in [6, 6.07) is 0. The standard InChI is InChI=1S/C9H17BrO/c1-2-8(10)9(11)6-4-3-5-7-9/h8,11H,2-7H2,1H3. The molecule has 1 unspecified atom stereocenters. The van der Waals surface area contributed by atoms with E-state index in [9.17, 15) is 5.11 Å². The molecule has 1 nitrogen and oxygen atoms in total. The lowest BCUT2D eigenvalue weighted by Crippen LogP contribution is -2.40. The molecule has 2 heteroatoms. The number of aliphatic hydroxyl groups is 1. The van der Waals surface area contributed by atoms with Crippen LogP contribution < -0.4 is 0 Å². The fraction of sp³-hybridized carbons (Fsp3) is 1.00. The minimum Gasteiger partial charge on any atom is -0.389 e. The molecule has 1 aliphatic rings. The van der Waals surface area contributed by atoms with Gasteiger partial charge in [-0.3, -0.25) is 0 Å². The van der Waals surface area contributed by atoms with E-state index in [1.807, 2.05) is 0 Å². The van der Waals surface area contributed by atoms with Gasteiger partial charge < -0.3 is 5.11 Å². The van der Waals surface area contributed by atoms with E-state index >= 15 is 0 Å². The largest absolute Gasteiger partial charge is 0.389 e. The van der Waals surface area contributed by atoms with Crippen molar-refractivity contribution in [2.75, 3.05) is 0 Å². The van der Waals surface area contributed by atoms with E-state index in [-0.39, 0.29) is 0 Å². The molecule has 0 aromatic heterocycles. The van der Waals surface area contributed by atoms with Gasteiger partial charge in [0, 0.05) is 4.83 Å². The van der Waals surface area contributed by atoms with Crippen LogP contribution in [0.15, 0.2) is 0 Å². The first-order chi connectivity index (χ1) is 5.19. The zero-order valence-corrected chi connectivity index (χ0v) is 8.73. The molecule has 0 aromatic carbocycles. The second kappa shape index (κ2) is 3.90. The zero-order valence-electron chi connectivity index (χ0n) is 7.15. The van der Waals surface area contributed by atoms with Crippen molar-refractivity contribution in [3.8, 4) is 0 Å². The van der Waals surface area contributed by atoms with Crippen LogP contribution in [0.5, 0.6) is 0 Å². The highest BCUT2D eigenvalue weighted by atomic mass is 79.9. The van der Waals surface area contributed by atoms with Gasteiger partial charge in [-0.15, -0.1) is 0 Å². The second-order valence-electron chi connectivity index (χ2n) is 3.54. The Hall–Kier alpha value is 0.440. The number of halogens is 1. The minimum atomic E-state index is -0.396. The normalized spacial score (nSPS) is 26.5. The molecule has 0 radical (unpaired) electrons. The number of alkyl halides is 1. The van der Waals surface area contributed by atoms with E-state index < -0.39 is 5.60 Å². The highest BCUT2D eigenvalue weighted by Gasteiger charge is 2.34. The molecule has 1 N–H and O–H groups in total. The van der Waals surface area contributed by atoms with Crippen molar-refractivity contribution in [1.29, 1.82) is 0 Å².